The van der Waals surface area contributed by atoms with Gasteiger partial charge >= 0.3 is 0 Å². The summed E-state index contributed by atoms with van der Waals surface area (Å²) in [5, 5.41) is 3.42. The molecule has 0 unspecified atom stereocenters. The Hall–Kier alpha value is -0.820. The van der Waals surface area contributed by atoms with Crippen molar-refractivity contribution in [1.82, 2.24) is 5.32 Å². The molecule has 18 heavy (non-hydrogen) atoms. The van der Waals surface area contributed by atoms with Crippen molar-refractivity contribution in [1.29, 1.82) is 0 Å². The fourth-order valence-electron chi connectivity index (χ4n) is 3.21. The fraction of sp³-hybridized carbons (Fsp3) is 0.647. The van der Waals surface area contributed by atoms with Gasteiger partial charge < -0.3 is 5.32 Å². The molecule has 0 bridgehead atoms. The van der Waals surface area contributed by atoms with E-state index in [0.29, 0.717) is 0 Å². The SMILES string of the molecule is CNC1CCC(Cc2cc(C)c(C)cc2C)CC1. The smallest absolute Gasteiger partial charge is 0.00642 e. The van der Waals surface area contributed by atoms with Gasteiger partial charge in [0.2, 0.25) is 0 Å². The van der Waals surface area contributed by atoms with Gasteiger partial charge in [0.25, 0.3) is 0 Å². The maximum absolute atomic E-state index is 3.42. The van der Waals surface area contributed by atoms with Crippen LogP contribution in [0.1, 0.15) is 47.9 Å². The molecule has 1 aliphatic carbocycles. The molecule has 0 spiro atoms. The molecule has 1 aliphatic rings. The summed E-state index contributed by atoms with van der Waals surface area (Å²) in [5.74, 6) is 0.899. The Morgan fingerprint density at radius 1 is 0.944 bits per heavy atom. The Morgan fingerprint density at radius 2 is 1.56 bits per heavy atom. The molecular formula is C17H27N. The second-order valence-electron chi connectivity index (χ2n) is 6.07. The van der Waals surface area contributed by atoms with E-state index in [1.54, 1.807) is 5.56 Å². The van der Waals surface area contributed by atoms with E-state index in [0.717, 1.165) is 12.0 Å². The fourth-order valence-corrected chi connectivity index (χ4v) is 3.21. The summed E-state index contributed by atoms with van der Waals surface area (Å²) >= 11 is 0. The molecule has 0 aromatic heterocycles. The van der Waals surface area contributed by atoms with Crippen molar-refractivity contribution in [3.8, 4) is 0 Å². The van der Waals surface area contributed by atoms with Crippen LogP contribution < -0.4 is 5.32 Å². The highest BCUT2D eigenvalue weighted by Gasteiger charge is 2.20. The molecule has 0 saturated heterocycles. The van der Waals surface area contributed by atoms with Gasteiger partial charge in [0.15, 0.2) is 0 Å². The van der Waals surface area contributed by atoms with E-state index in [2.05, 4.69) is 45.3 Å². The third-order valence-electron chi connectivity index (χ3n) is 4.72. The Labute approximate surface area is 112 Å². The highest BCUT2D eigenvalue weighted by molar-refractivity contribution is 5.36. The summed E-state index contributed by atoms with van der Waals surface area (Å²) in [6.07, 6.45) is 6.76. The molecule has 1 N–H and O–H groups in total. The minimum atomic E-state index is 0.766. The van der Waals surface area contributed by atoms with Gasteiger partial charge in [-0.1, -0.05) is 12.1 Å². The first-order chi connectivity index (χ1) is 8.60. The molecule has 0 aliphatic heterocycles. The standard InChI is InChI=1S/C17H27N/c1-12-9-14(3)16(10-13(12)2)11-15-5-7-17(18-4)8-6-15/h9-10,15,17-18H,5-8,11H2,1-4H3. The Kier molecular flexibility index (Phi) is 4.45. The molecular weight excluding hydrogens is 218 g/mol. The maximum atomic E-state index is 3.42. The highest BCUT2D eigenvalue weighted by Crippen LogP contribution is 2.29. The van der Waals surface area contributed by atoms with Gasteiger partial charge in [-0.3, -0.25) is 0 Å². The first-order valence-electron chi connectivity index (χ1n) is 7.34. The molecule has 1 aromatic rings. The number of nitrogens with one attached hydrogen (secondary N) is 1. The zero-order valence-corrected chi connectivity index (χ0v) is 12.3. The van der Waals surface area contributed by atoms with Crippen LogP contribution in [0.4, 0.5) is 0 Å². The van der Waals surface area contributed by atoms with E-state index in [1.807, 2.05) is 0 Å². The van der Waals surface area contributed by atoms with Crippen molar-refractivity contribution in [2.24, 2.45) is 5.92 Å². The van der Waals surface area contributed by atoms with Gasteiger partial charge in [-0.25, -0.2) is 0 Å². The average Bonchev–Trinajstić information content (AvgIpc) is 2.37. The van der Waals surface area contributed by atoms with Crippen LogP contribution in [0.25, 0.3) is 0 Å². The van der Waals surface area contributed by atoms with Gasteiger partial charge in [-0.15, -0.1) is 0 Å². The predicted molar refractivity (Wildman–Crippen MR) is 79.2 cm³/mol. The number of benzene rings is 1. The minimum absolute atomic E-state index is 0.766. The summed E-state index contributed by atoms with van der Waals surface area (Å²) in [5.41, 5.74) is 5.93. The quantitative estimate of drug-likeness (QED) is 0.850. The first-order valence-corrected chi connectivity index (χ1v) is 7.34. The third kappa shape index (κ3) is 3.14. The predicted octanol–water partition coefficient (Wildman–Crippen LogP) is 3.93. The van der Waals surface area contributed by atoms with Crippen LogP contribution in [-0.4, -0.2) is 13.1 Å². The zero-order valence-electron chi connectivity index (χ0n) is 12.3. The Bertz CT molecular complexity index is 400. The lowest BCUT2D eigenvalue weighted by molar-refractivity contribution is 0.300. The van der Waals surface area contributed by atoms with Crippen LogP contribution >= 0.6 is 0 Å². The highest BCUT2D eigenvalue weighted by atomic mass is 14.9. The van der Waals surface area contributed by atoms with Crippen molar-refractivity contribution >= 4 is 0 Å². The van der Waals surface area contributed by atoms with Crippen molar-refractivity contribution in [3.63, 3.8) is 0 Å². The van der Waals surface area contributed by atoms with Crippen molar-refractivity contribution < 1.29 is 0 Å². The van der Waals surface area contributed by atoms with Crippen LogP contribution in [0, 0.1) is 26.7 Å². The van der Waals surface area contributed by atoms with Gasteiger partial charge in [0.05, 0.1) is 0 Å². The molecule has 0 radical (unpaired) electrons. The Balaban J connectivity index is 2.00. The monoisotopic (exact) mass is 245 g/mol. The number of aryl methyl sites for hydroxylation is 3. The molecule has 0 atom stereocenters. The van der Waals surface area contributed by atoms with Crippen LogP contribution in [-0.2, 0) is 6.42 Å². The molecule has 1 heteroatoms. The lowest BCUT2D eigenvalue weighted by Crippen LogP contribution is -2.30. The summed E-state index contributed by atoms with van der Waals surface area (Å²) < 4.78 is 0. The Morgan fingerprint density at radius 3 is 2.17 bits per heavy atom. The van der Waals surface area contributed by atoms with E-state index >= 15 is 0 Å². The molecule has 1 nitrogen and oxygen atoms in total. The molecule has 1 aromatic carbocycles. The number of rotatable bonds is 3. The number of hydrogen-bond donors (Lipinski definition) is 1. The second kappa shape index (κ2) is 5.88. The average molecular weight is 245 g/mol. The van der Waals surface area contributed by atoms with Crippen molar-refractivity contribution in [3.05, 3.63) is 34.4 Å². The van der Waals surface area contributed by atoms with Crippen molar-refractivity contribution in [2.75, 3.05) is 7.05 Å². The van der Waals surface area contributed by atoms with Crippen LogP contribution in [0.3, 0.4) is 0 Å². The zero-order chi connectivity index (χ0) is 13.1. The molecule has 100 valence electrons. The maximum Gasteiger partial charge on any atom is 0.00642 e. The van der Waals surface area contributed by atoms with Gasteiger partial charge in [-0.05, 0) is 88.1 Å². The molecule has 0 amide bonds. The van der Waals surface area contributed by atoms with Crippen LogP contribution in [0.15, 0.2) is 12.1 Å². The molecule has 0 heterocycles. The van der Waals surface area contributed by atoms with E-state index in [9.17, 15) is 0 Å². The van der Waals surface area contributed by atoms with Crippen molar-refractivity contribution in [2.45, 2.75) is 58.9 Å². The van der Waals surface area contributed by atoms with E-state index < -0.39 is 0 Å². The summed E-state index contributed by atoms with van der Waals surface area (Å²) in [6.45, 7) is 6.71. The minimum Gasteiger partial charge on any atom is -0.317 e. The first kappa shape index (κ1) is 13.6. The van der Waals surface area contributed by atoms with E-state index in [4.69, 9.17) is 0 Å². The van der Waals surface area contributed by atoms with E-state index in [-0.39, 0.29) is 0 Å². The van der Waals surface area contributed by atoms with Gasteiger partial charge in [0, 0.05) is 6.04 Å². The summed E-state index contributed by atoms with van der Waals surface area (Å²) in [7, 11) is 2.10. The van der Waals surface area contributed by atoms with Crippen LogP contribution in [0.2, 0.25) is 0 Å². The lowest BCUT2D eigenvalue weighted by Gasteiger charge is -2.28. The van der Waals surface area contributed by atoms with Gasteiger partial charge in [-0.2, -0.15) is 0 Å². The molecule has 1 fully saturated rings. The van der Waals surface area contributed by atoms with Gasteiger partial charge in [0.1, 0.15) is 0 Å². The largest absolute Gasteiger partial charge is 0.317 e. The van der Waals surface area contributed by atoms with E-state index in [1.165, 1.54) is 48.8 Å². The molecule has 1 saturated carbocycles. The topological polar surface area (TPSA) is 12.0 Å². The lowest BCUT2D eigenvalue weighted by atomic mass is 9.81. The second-order valence-corrected chi connectivity index (χ2v) is 6.07. The number of hydrogen-bond acceptors (Lipinski definition) is 1. The van der Waals surface area contributed by atoms with Crippen LogP contribution in [0.5, 0.6) is 0 Å². The normalized spacial score (nSPS) is 24.2. The third-order valence-corrected chi connectivity index (χ3v) is 4.72. The molecule has 2 rings (SSSR count). The summed E-state index contributed by atoms with van der Waals surface area (Å²) in [6, 6.07) is 5.53. The summed E-state index contributed by atoms with van der Waals surface area (Å²) in [4.78, 5) is 0.